The van der Waals surface area contributed by atoms with E-state index >= 15 is 0 Å². The number of rotatable bonds is 9. The predicted molar refractivity (Wildman–Crippen MR) is 103 cm³/mol. The second-order valence-electron chi connectivity index (χ2n) is 5.88. The first-order valence-corrected chi connectivity index (χ1v) is 10.6. The molecule has 2 rings (SSSR count). The molecule has 140 valence electrons. The van der Waals surface area contributed by atoms with E-state index in [1.54, 1.807) is 22.9 Å². The molecule has 1 heterocycles. The SMILES string of the molecule is O=C(CCC/C=C1/CCSS1)N[C@H](Cc1ccc(C(=O)O)cc1)C(=O)O. The molecule has 26 heavy (non-hydrogen) atoms. The molecule has 1 amide bonds. The van der Waals surface area contributed by atoms with Gasteiger partial charge in [-0.1, -0.05) is 39.8 Å². The summed E-state index contributed by atoms with van der Waals surface area (Å²) in [5.74, 6) is -1.30. The zero-order valence-electron chi connectivity index (χ0n) is 14.1. The van der Waals surface area contributed by atoms with E-state index in [0.717, 1.165) is 18.6 Å². The van der Waals surface area contributed by atoms with Crippen LogP contribution < -0.4 is 5.32 Å². The van der Waals surface area contributed by atoms with E-state index in [-0.39, 0.29) is 24.3 Å². The van der Waals surface area contributed by atoms with Gasteiger partial charge in [0.25, 0.3) is 0 Å². The zero-order chi connectivity index (χ0) is 18.9. The van der Waals surface area contributed by atoms with Crippen molar-refractivity contribution in [2.45, 2.75) is 38.1 Å². The van der Waals surface area contributed by atoms with Gasteiger partial charge in [0.2, 0.25) is 5.91 Å². The number of benzene rings is 1. The van der Waals surface area contributed by atoms with Crippen LogP contribution in [0.25, 0.3) is 0 Å². The number of amides is 1. The number of carboxylic acids is 2. The van der Waals surface area contributed by atoms with Crippen LogP contribution in [0, 0.1) is 0 Å². The average molecular weight is 396 g/mol. The third-order valence-corrected chi connectivity index (χ3v) is 6.42. The highest BCUT2D eigenvalue weighted by Crippen LogP contribution is 2.40. The third-order valence-electron chi connectivity index (χ3n) is 3.85. The van der Waals surface area contributed by atoms with Crippen LogP contribution in [0.5, 0.6) is 0 Å². The van der Waals surface area contributed by atoms with Gasteiger partial charge in [0.15, 0.2) is 0 Å². The molecule has 1 aromatic rings. The number of unbranched alkanes of at least 4 members (excludes halogenated alkanes) is 1. The lowest BCUT2D eigenvalue weighted by Gasteiger charge is -2.14. The predicted octanol–water partition coefficient (Wildman–Crippen LogP) is 3.34. The maximum absolute atomic E-state index is 12.0. The first-order chi connectivity index (χ1) is 12.5. The van der Waals surface area contributed by atoms with Gasteiger partial charge < -0.3 is 15.5 Å². The maximum atomic E-state index is 12.0. The molecule has 0 aromatic heterocycles. The van der Waals surface area contributed by atoms with Gasteiger partial charge in [-0.25, -0.2) is 9.59 Å². The number of hydrogen-bond acceptors (Lipinski definition) is 5. The molecule has 3 N–H and O–H groups in total. The first kappa shape index (κ1) is 20.4. The first-order valence-electron chi connectivity index (χ1n) is 8.28. The van der Waals surface area contributed by atoms with Crippen LogP contribution in [0.1, 0.15) is 41.6 Å². The van der Waals surface area contributed by atoms with Crippen molar-refractivity contribution in [2.75, 3.05) is 5.75 Å². The molecule has 0 saturated carbocycles. The van der Waals surface area contributed by atoms with E-state index in [4.69, 9.17) is 5.11 Å². The average Bonchev–Trinajstić information content (AvgIpc) is 3.12. The van der Waals surface area contributed by atoms with Crippen molar-refractivity contribution in [2.24, 2.45) is 0 Å². The van der Waals surface area contributed by atoms with E-state index in [0.29, 0.717) is 12.0 Å². The molecule has 1 aliphatic rings. The molecule has 0 aliphatic carbocycles. The zero-order valence-corrected chi connectivity index (χ0v) is 15.8. The molecule has 0 bridgehead atoms. The maximum Gasteiger partial charge on any atom is 0.335 e. The molecule has 0 radical (unpaired) electrons. The molecule has 0 spiro atoms. The quantitative estimate of drug-likeness (QED) is 0.435. The molecule has 1 aliphatic heterocycles. The highest BCUT2D eigenvalue weighted by Gasteiger charge is 2.20. The fourth-order valence-electron chi connectivity index (χ4n) is 2.45. The number of allylic oxidation sites excluding steroid dienone is 2. The Bertz CT molecular complexity index is 679. The largest absolute Gasteiger partial charge is 0.480 e. The van der Waals surface area contributed by atoms with Gasteiger partial charge in [-0.15, -0.1) is 0 Å². The minimum absolute atomic E-state index is 0.110. The second-order valence-corrected chi connectivity index (χ2v) is 8.42. The fourth-order valence-corrected chi connectivity index (χ4v) is 4.90. The fraction of sp³-hybridized carbons (Fsp3) is 0.389. The Hall–Kier alpha value is -1.93. The number of aromatic carboxylic acids is 1. The van der Waals surface area contributed by atoms with Crippen molar-refractivity contribution in [3.63, 3.8) is 0 Å². The number of hydrogen-bond donors (Lipinski definition) is 3. The molecular weight excluding hydrogens is 374 g/mol. The number of carbonyl (C=O) groups excluding carboxylic acids is 1. The summed E-state index contributed by atoms with van der Waals surface area (Å²) < 4.78 is 0. The Morgan fingerprint density at radius 2 is 1.92 bits per heavy atom. The molecule has 1 saturated heterocycles. The van der Waals surface area contributed by atoms with Crippen LogP contribution in [0.2, 0.25) is 0 Å². The number of carbonyl (C=O) groups is 3. The van der Waals surface area contributed by atoms with Crippen LogP contribution in [-0.4, -0.2) is 39.9 Å². The van der Waals surface area contributed by atoms with E-state index in [1.807, 2.05) is 10.8 Å². The monoisotopic (exact) mass is 395 g/mol. The third kappa shape index (κ3) is 6.76. The van der Waals surface area contributed by atoms with Gasteiger partial charge >= 0.3 is 11.9 Å². The second kappa shape index (κ2) is 10.3. The summed E-state index contributed by atoms with van der Waals surface area (Å²) in [4.78, 5) is 35.6. The van der Waals surface area contributed by atoms with E-state index in [1.165, 1.54) is 17.0 Å². The Labute approximate surface area is 159 Å². The van der Waals surface area contributed by atoms with Crippen molar-refractivity contribution in [1.29, 1.82) is 0 Å². The Morgan fingerprint density at radius 3 is 2.50 bits per heavy atom. The van der Waals surface area contributed by atoms with E-state index in [9.17, 15) is 19.5 Å². The summed E-state index contributed by atoms with van der Waals surface area (Å²) in [5, 5.41) is 20.7. The van der Waals surface area contributed by atoms with Crippen molar-refractivity contribution < 1.29 is 24.6 Å². The van der Waals surface area contributed by atoms with Crippen molar-refractivity contribution in [1.82, 2.24) is 5.32 Å². The smallest absolute Gasteiger partial charge is 0.335 e. The normalized spacial score (nSPS) is 16.4. The van der Waals surface area contributed by atoms with Crippen molar-refractivity contribution in [3.8, 4) is 0 Å². The molecule has 1 atom stereocenters. The summed E-state index contributed by atoms with van der Waals surface area (Å²) in [6.45, 7) is 0. The van der Waals surface area contributed by atoms with E-state index in [2.05, 4.69) is 11.4 Å². The number of aliphatic carboxylic acids is 1. The van der Waals surface area contributed by atoms with Gasteiger partial charge in [-0.05, 0) is 41.9 Å². The van der Waals surface area contributed by atoms with Crippen LogP contribution >= 0.6 is 21.6 Å². The highest BCUT2D eigenvalue weighted by atomic mass is 33.1. The van der Waals surface area contributed by atoms with Crippen LogP contribution in [0.3, 0.4) is 0 Å². The van der Waals surface area contributed by atoms with Crippen molar-refractivity contribution >= 4 is 39.4 Å². The summed E-state index contributed by atoms with van der Waals surface area (Å²) in [6, 6.07) is 4.94. The molecular formula is C18H21NO5S2. The lowest BCUT2D eigenvalue weighted by molar-refractivity contribution is -0.141. The van der Waals surface area contributed by atoms with Crippen LogP contribution in [-0.2, 0) is 16.0 Å². The van der Waals surface area contributed by atoms with Gasteiger partial charge in [-0.2, -0.15) is 0 Å². The van der Waals surface area contributed by atoms with E-state index < -0.39 is 18.0 Å². The Morgan fingerprint density at radius 1 is 1.19 bits per heavy atom. The van der Waals surface area contributed by atoms with Gasteiger partial charge in [0.05, 0.1) is 5.56 Å². The topological polar surface area (TPSA) is 104 Å². The molecule has 0 unspecified atom stereocenters. The van der Waals surface area contributed by atoms with Gasteiger partial charge in [0, 0.05) is 18.6 Å². The standard InChI is InChI=1S/C18H21NO5S2/c20-16(4-2-1-3-14-9-10-25-26-14)19-15(18(23)24)11-12-5-7-13(8-6-12)17(21)22/h3,5-8,15H,1-2,4,9-11H2,(H,19,20)(H,21,22)(H,23,24)/b14-3-/t15-/m1/s1. The molecule has 1 fully saturated rings. The molecule has 1 aromatic carbocycles. The minimum Gasteiger partial charge on any atom is -0.480 e. The molecule has 6 nitrogen and oxygen atoms in total. The van der Waals surface area contributed by atoms with Gasteiger partial charge in [0.1, 0.15) is 6.04 Å². The number of carboxylic acid groups (broad SMARTS) is 2. The highest BCUT2D eigenvalue weighted by molar-refractivity contribution is 8.78. The Kier molecular flexibility index (Phi) is 8.06. The van der Waals surface area contributed by atoms with Gasteiger partial charge in [-0.3, -0.25) is 4.79 Å². The Balaban J connectivity index is 1.80. The lowest BCUT2D eigenvalue weighted by Crippen LogP contribution is -2.42. The van der Waals surface area contributed by atoms with Crippen LogP contribution in [0.15, 0.2) is 35.2 Å². The summed E-state index contributed by atoms with van der Waals surface area (Å²) >= 11 is 0. The summed E-state index contributed by atoms with van der Waals surface area (Å²) in [6.07, 6.45) is 5.12. The summed E-state index contributed by atoms with van der Waals surface area (Å²) in [7, 11) is 3.62. The minimum atomic E-state index is -1.11. The lowest BCUT2D eigenvalue weighted by atomic mass is 10.0. The van der Waals surface area contributed by atoms with Crippen molar-refractivity contribution in [3.05, 3.63) is 46.4 Å². The molecule has 8 heteroatoms. The summed E-state index contributed by atoms with van der Waals surface area (Å²) in [5.41, 5.74) is 0.792. The van der Waals surface area contributed by atoms with Crippen LogP contribution in [0.4, 0.5) is 0 Å². The number of nitrogens with one attached hydrogen (secondary N) is 1.